The van der Waals surface area contributed by atoms with Crippen LogP contribution in [0.5, 0.6) is 0 Å². The second-order valence-corrected chi connectivity index (χ2v) is 5.03. The van der Waals surface area contributed by atoms with Crippen LogP contribution in [0.15, 0.2) is 29.1 Å². The molecule has 0 bridgehead atoms. The van der Waals surface area contributed by atoms with Gasteiger partial charge in [-0.25, -0.2) is 0 Å². The number of hydrogen-bond donors (Lipinski definition) is 3. The summed E-state index contributed by atoms with van der Waals surface area (Å²) in [5.74, 6) is -0.132. The van der Waals surface area contributed by atoms with Gasteiger partial charge >= 0.3 is 0 Å². The number of aromatic nitrogens is 1. The maximum atomic E-state index is 11.8. The molecule has 0 saturated heterocycles. The van der Waals surface area contributed by atoms with Gasteiger partial charge in [0.15, 0.2) is 0 Å². The van der Waals surface area contributed by atoms with Crippen molar-refractivity contribution in [2.24, 2.45) is 0 Å². The number of pyridine rings is 1. The van der Waals surface area contributed by atoms with E-state index >= 15 is 0 Å². The second-order valence-electron chi connectivity index (χ2n) is 5.03. The van der Waals surface area contributed by atoms with E-state index in [1.54, 1.807) is 19.9 Å². The third kappa shape index (κ3) is 3.24. The van der Waals surface area contributed by atoms with Crippen molar-refractivity contribution in [1.82, 2.24) is 10.3 Å². The summed E-state index contributed by atoms with van der Waals surface area (Å²) in [7, 11) is 0. The normalized spacial score (nSPS) is 12.3. The van der Waals surface area contributed by atoms with Gasteiger partial charge in [0.2, 0.25) is 5.91 Å². The predicted molar refractivity (Wildman–Crippen MR) is 77.7 cm³/mol. The summed E-state index contributed by atoms with van der Waals surface area (Å²) in [6.45, 7) is 3.41. The Hall–Kier alpha value is -2.14. The molecule has 0 radical (unpaired) electrons. The van der Waals surface area contributed by atoms with E-state index in [0.717, 1.165) is 16.5 Å². The Balaban J connectivity index is 2.21. The van der Waals surface area contributed by atoms with E-state index in [-0.39, 0.29) is 30.5 Å². The first-order chi connectivity index (χ1) is 9.49. The molecule has 5 nitrogen and oxygen atoms in total. The van der Waals surface area contributed by atoms with Crippen molar-refractivity contribution < 1.29 is 9.90 Å². The molecule has 20 heavy (non-hydrogen) atoms. The molecule has 0 saturated carbocycles. The minimum absolute atomic E-state index is 0.0795. The molecule has 0 aliphatic heterocycles. The lowest BCUT2D eigenvalue weighted by Crippen LogP contribution is -2.35. The Morgan fingerprint density at radius 2 is 2.15 bits per heavy atom. The zero-order valence-corrected chi connectivity index (χ0v) is 11.6. The number of H-pyrrole nitrogens is 1. The summed E-state index contributed by atoms with van der Waals surface area (Å²) < 4.78 is 0. The van der Waals surface area contributed by atoms with Crippen LogP contribution in [0, 0.1) is 6.92 Å². The number of aliphatic hydroxyl groups excluding tert-OH is 1. The third-order valence-corrected chi connectivity index (χ3v) is 3.14. The summed E-state index contributed by atoms with van der Waals surface area (Å²) in [6, 6.07) is 7.07. The average molecular weight is 274 g/mol. The fraction of sp³-hybridized carbons (Fsp3) is 0.333. The van der Waals surface area contributed by atoms with Gasteiger partial charge in [0, 0.05) is 17.1 Å². The fourth-order valence-corrected chi connectivity index (χ4v) is 2.03. The van der Waals surface area contributed by atoms with E-state index < -0.39 is 0 Å². The van der Waals surface area contributed by atoms with Crippen LogP contribution in [0.2, 0.25) is 0 Å². The first kappa shape index (κ1) is 14.3. The number of aromatic amines is 1. The van der Waals surface area contributed by atoms with Gasteiger partial charge in [-0.15, -0.1) is 0 Å². The average Bonchev–Trinajstić information content (AvgIpc) is 2.40. The fourth-order valence-electron chi connectivity index (χ4n) is 2.03. The number of rotatable bonds is 4. The number of carbonyl (C=O) groups is 1. The highest BCUT2D eigenvalue weighted by Gasteiger charge is 2.08. The Morgan fingerprint density at radius 3 is 2.85 bits per heavy atom. The maximum absolute atomic E-state index is 11.8. The van der Waals surface area contributed by atoms with Gasteiger partial charge < -0.3 is 15.4 Å². The lowest BCUT2D eigenvalue weighted by atomic mass is 10.1. The van der Waals surface area contributed by atoms with Crippen LogP contribution < -0.4 is 10.9 Å². The van der Waals surface area contributed by atoms with Gasteiger partial charge in [0.1, 0.15) is 0 Å². The zero-order valence-electron chi connectivity index (χ0n) is 11.6. The minimum Gasteiger partial charge on any atom is -0.394 e. The quantitative estimate of drug-likeness (QED) is 0.774. The van der Waals surface area contributed by atoms with E-state index in [1.165, 1.54) is 0 Å². The molecule has 0 fully saturated rings. The molecule has 0 aliphatic rings. The first-order valence-electron chi connectivity index (χ1n) is 6.52. The van der Waals surface area contributed by atoms with Crippen molar-refractivity contribution in [3.05, 3.63) is 45.7 Å². The van der Waals surface area contributed by atoms with Crippen molar-refractivity contribution in [3.63, 3.8) is 0 Å². The lowest BCUT2D eigenvalue weighted by molar-refractivity contribution is -0.121. The van der Waals surface area contributed by atoms with Crippen LogP contribution in [-0.4, -0.2) is 28.6 Å². The smallest absolute Gasteiger partial charge is 0.251 e. The van der Waals surface area contributed by atoms with E-state index in [0.29, 0.717) is 5.56 Å². The standard InChI is InChI=1S/C15H18N2O3/c1-9-5-12-6-11(3-4-13(12)17-15(9)20)7-14(19)16-10(2)8-18/h3-6,10,18H,7-8H2,1-2H3,(H,16,19)(H,17,20)/t10-/m0/s1. The molecular formula is C15H18N2O3. The summed E-state index contributed by atoms with van der Waals surface area (Å²) in [5.41, 5.74) is 2.17. The molecule has 5 heteroatoms. The molecule has 1 aromatic carbocycles. The van der Waals surface area contributed by atoms with Crippen molar-refractivity contribution >= 4 is 16.8 Å². The Kier molecular flexibility index (Phi) is 4.20. The second kappa shape index (κ2) is 5.88. The Labute approximate surface area is 116 Å². The number of amides is 1. The van der Waals surface area contributed by atoms with Gasteiger partial charge in [-0.3, -0.25) is 9.59 Å². The number of carbonyl (C=O) groups excluding carboxylic acids is 1. The number of aliphatic hydroxyl groups is 1. The highest BCUT2D eigenvalue weighted by atomic mass is 16.3. The predicted octanol–water partition coefficient (Wildman–Crippen LogP) is 0.876. The molecule has 1 aromatic heterocycles. The van der Waals surface area contributed by atoms with Crippen LogP contribution in [0.4, 0.5) is 0 Å². The lowest BCUT2D eigenvalue weighted by Gasteiger charge is -2.11. The summed E-state index contributed by atoms with van der Waals surface area (Å²) in [4.78, 5) is 26.1. The monoisotopic (exact) mass is 274 g/mol. The van der Waals surface area contributed by atoms with E-state index in [9.17, 15) is 9.59 Å². The summed E-state index contributed by atoms with van der Waals surface area (Å²) in [6.07, 6.45) is 0.248. The number of fused-ring (bicyclic) bond motifs is 1. The number of hydrogen-bond acceptors (Lipinski definition) is 3. The van der Waals surface area contributed by atoms with Crippen LogP contribution in [0.3, 0.4) is 0 Å². The SMILES string of the molecule is Cc1cc2cc(CC(=O)N[C@@H](C)CO)ccc2[nH]c1=O. The van der Waals surface area contributed by atoms with E-state index in [1.807, 2.05) is 18.2 Å². The van der Waals surface area contributed by atoms with Crippen LogP contribution >= 0.6 is 0 Å². The van der Waals surface area contributed by atoms with Crippen LogP contribution in [0.1, 0.15) is 18.1 Å². The largest absolute Gasteiger partial charge is 0.394 e. The zero-order chi connectivity index (χ0) is 14.7. The highest BCUT2D eigenvalue weighted by molar-refractivity contribution is 5.83. The van der Waals surface area contributed by atoms with Crippen LogP contribution in [0.25, 0.3) is 10.9 Å². The maximum Gasteiger partial charge on any atom is 0.251 e. The van der Waals surface area contributed by atoms with Gasteiger partial charge in [0.25, 0.3) is 5.56 Å². The first-order valence-corrected chi connectivity index (χ1v) is 6.52. The number of aryl methyl sites for hydroxylation is 1. The highest BCUT2D eigenvalue weighted by Crippen LogP contribution is 2.14. The number of benzene rings is 1. The molecule has 2 rings (SSSR count). The molecule has 0 spiro atoms. The van der Waals surface area contributed by atoms with Crippen molar-refractivity contribution in [3.8, 4) is 0 Å². The van der Waals surface area contributed by atoms with Crippen LogP contribution in [-0.2, 0) is 11.2 Å². The minimum atomic E-state index is -0.249. The van der Waals surface area contributed by atoms with Crippen molar-refractivity contribution in [2.75, 3.05) is 6.61 Å². The molecule has 3 N–H and O–H groups in total. The summed E-state index contributed by atoms with van der Waals surface area (Å²) >= 11 is 0. The topological polar surface area (TPSA) is 82.2 Å². The van der Waals surface area contributed by atoms with E-state index in [2.05, 4.69) is 10.3 Å². The molecular weight excluding hydrogens is 256 g/mol. The van der Waals surface area contributed by atoms with Gasteiger partial charge in [-0.2, -0.15) is 0 Å². The van der Waals surface area contributed by atoms with Gasteiger partial charge in [0.05, 0.1) is 13.0 Å². The summed E-state index contributed by atoms with van der Waals surface area (Å²) in [5, 5.41) is 12.5. The molecule has 0 aliphatic carbocycles. The van der Waals surface area contributed by atoms with Crippen molar-refractivity contribution in [2.45, 2.75) is 26.3 Å². The Morgan fingerprint density at radius 1 is 1.40 bits per heavy atom. The van der Waals surface area contributed by atoms with E-state index in [4.69, 9.17) is 5.11 Å². The number of nitrogens with one attached hydrogen (secondary N) is 2. The van der Waals surface area contributed by atoms with Gasteiger partial charge in [-0.1, -0.05) is 6.07 Å². The molecule has 2 aromatic rings. The third-order valence-electron chi connectivity index (χ3n) is 3.14. The van der Waals surface area contributed by atoms with Crippen molar-refractivity contribution in [1.29, 1.82) is 0 Å². The Bertz CT molecular complexity index is 691. The van der Waals surface area contributed by atoms with Gasteiger partial charge in [-0.05, 0) is 43.0 Å². The molecule has 1 atom stereocenters. The molecule has 0 unspecified atom stereocenters. The molecule has 1 heterocycles. The molecule has 106 valence electrons. The molecule has 1 amide bonds.